The lowest BCUT2D eigenvalue weighted by molar-refractivity contribution is 0.0465. The quantitative estimate of drug-likeness (QED) is 0.667. The molecule has 0 spiro atoms. The lowest BCUT2D eigenvalue weighted by Crippen LogP contribution is -2.10. The number of halogens is 1. The van der Waals surface area contributed by atoms with E-state index in [0.717, 1.165) is 41.0 Å². The van der Waals surface area contributed by atoms with Gasteiger partial charge < -0.3 is 14.4 Å². The van der Waals surface area contributed by atoms with Crippen molar-refractivity contribution in [1.82, 2.24) is 5.16 Å². The summed E-state index contributed by atoms with van der Waals surface area (Å²) in [4.78, 5) is 0. The average molecular weight is 348 g/mol. The average Bonchev–Trinajstić information content (AvgIpc) is 3.26. The Hall–Kier alpha value is -1.78. The molecule has 3 rings (SSSR count). The Balaban J connectivity index is 1.92. The van der Waals surface area contributed by atoms with E-state index in [4.69, 9.17) is 20.9 Å². The van der Waals surface area contributed by atoms with Crippen LogP contribution in [0.3, 0.4) is 0 Å². The number of aliphatic hydroxyl groups is 1. The van der Waals surface area contributed by atoms with Crippen molar-refractivity contribution in [2.45, 2.75) is 51.7 Å². The first-order valence-electron chi connectivity index (χ1n) is 8.19. The van der Waals surface area contributed by atoms with Crippen LogP contribution in [0, 0.1) is 6.92 Å². The van der Waals surface area contributed by atoms with E-state index in [2.05, 4.69) is 11.7 Å². The predicted molar refractivity (Wildman–Crippen MR) is 94.3 cm³/mol. The van der Waals surface area contributed by atoms with Gasteiger partial charge in [-0.3, -0.25) is 0 Å². The lowest BCUT2D eigenvalue weighted by atomic mass is 10.0. The molecule has 1 aromatic heterocycles. The molecule has 1 heterocycles. The van der Waals surface area contributed by atoms with Crippen molar-refractivity contribution < 1.29 is 14.4 Å². The first-order valence-corrected chi connectivity index (χ1v) is 8.57. The van der Waals surface area contributed by atoms with Crippen molar-refractivity contribution in [3.8, 4) is 11.3 Å². The van der Waals surface area contributed by atoms with Crippen molar-refractivity contribution in [2.75, 3.05) is 0 Å². The Labute approximate surface area is 147 Å². The maximum absolute atomic E-state index is 9.32. The molecule has 128 valence electrons. The van der Waals surface area contributed by atoms with E-state index in [1.807, 2.05) is 32.0 Å². The molecule has 24 heavy (non-hydrogen) atoms. The summed E-state index contributed by atoms with van der Waals surface area (Å²) in [7, 11) is 0. The lowest BCUT2D eigenvalue weighted by Gasteiger charge is -2.13. The zero-order valence-electron chi connectivity index (χ0n) is 14.0. The second-order valence-electron chi connectivity index (χ2n) is 6.47. The van der Waals surface area contributed by atoms with Crippen LogP contribution in [-0.4, -0.2) is 16.4 Å². The summed E-state index contributed by atoms with van der Waals surface area (Å²) in [6, 6.07) is 5.79. The SMILES string of the molecule is C=C(O)CC(C)OCc1c(-c2c(C)cccc2Cl)noc1C1CC1. The van der Waals surface area contributed by atoms with Crippen LogP contribution in [0.25, 0.3) is 11.3 Å². The van der Waals surface area contributed by atoms with Crippen molar-refractivity contribution in [2.24, 2.45) is 0 Å². The van der Waals surface area contributed by atoms with Crippen molar-refractivity contribution in [3.05, 3.63) is 52.4 Å². The van der Waals surface area contributed by atoms with Crippen molar-refractivity contribution >= 4 is 11.6 Å². The number of rotatable bonds is 7. The summed E-state index contributed by atoms with van der Waals surface area (Å²) in [5.74, 6) is 1.45. The normalized spacial score (nSPS) is 15.5. The van der Waals surface area contributed by atoms with Crippen LogP contribution >= 0.6 is 11.6 Å². The molecule has 2 aromatic rings. The van der Waals surface area contributed by atoms with Gasteiger partial charge >= 0.3 is 0 Å². The van der Waals surface area contributed by atoms with Crippen LogP contribution < -0.4 is 0 Å². The molecule has 1 aromatic carbocycles. The zero-order chi connectivity index (χ0) is 17.3. The van der Waals surface area contributed by atoms with Gasteiger partial charge in [0.25, 0.3) is 0 Å². The van der Waals surface area contributed by atoms with Crippen LogP contribution in [0.2, 0.25) is 5.02 Å². The number of hydrogen-bond acceptors (Lipinski definition) is 4. The fraction of sp³-hybridized carbons (Fsp3) is 0.421. The van der Waals surface area contributed by atoms with Gasteiger partial charge in [0.15, 0.2) is 0 Å². The second kappa shape index (κ2) is 6.99. The van der Waals surface area contributed by atoms with Gasteiger partial charge in [0.05, 0.1) is 23.5 Å². The van der Waals surface area contributed by atoms with Gasteiger partial charge in [0.2, 0.25) is 0 Å². The van der Waals surface area contributed by atoms with E-state index < -0.39 is 0 Å². The molecule has 0 amide bonds. The molecule has 1 atom stereocenters. The molecule has 1 aliphatic rings. The standard InChI is InChI=1S/C19H22ClNO3/c1-11-5-4-6-16(20)17(11)18-15(10-23-13(3)9-12(2)22)19(24-21-18)14-7-8-14/h4-6,13-14,22H,2,7-10H2,1,3H3. The molecular formula is C19H22ClNO3. The van der Waals surface area contributed by atoms with Crippen LogP contribution in [0.4, 0.5) is 0 Å². The first kappa shape index (κ1) is 17.1. The molecule has 1 fully saturated rings. The minimum absolute atomic E-state index is 0.123. The summed E-state index contributed by atoms with van der Waals surface area (Å²) in [5, 5.41) is 14.3. The van der Waals surface area contributed by atoms with E-state index in [1.165, 1.54) is 0 Å². The van der Waals surface area contributed by atoms with Gasteiger partial charge in [0, 0.05) is 23.5 Å². The topological polar surface area (TPSA) is 55.5 Å². The molecule has 1 N–H and O–H groups in total. The zero-order valence-corrected chi connectivity index (χ0v) is 14.8. The highest BCUT2D eigenvalue weighted by Crippen LogP contribution is 2.45. The number of nitrogens with zero attached hydrogens (tertiary/aromatic N) is 1. The maximum Gasteiger partial charge on any atom is 0.145 e. The molecule has 0 bridgehead atoms. The smallest absolute Gasteiger partial charge is 0.145 e. The largest absolute Gasteiger partial charge is 0.513 e. The molecular weight excluding hydrogens is 326 g/mol. The van der Waals surface area contributed by atoms with E-state index in [-0.39, 0.29) is 11.9 Å². The van der Waals surface area contributed by atoms with Gasteiger partial charge in [-0.2, -0.15) is 0 Å². The van der Waals surface area contributed by atoms with E-state index >= 15 is 0 Å². The summed E-state index contributed by atoms with van der Waals surface area (Å²) in [5.41, 5.74) is 3.67. The fourth-order valence-corrected chi connectivity index (χ4v) is 3.18. The van der Waals surface area contributed by atoms with Crippen LogP contribution in [0.5, 0.6) is 0 Å². The Morgan fingerprint density at radius 1 is 1.50 bits per heavy atom. The molecule has 4 nitrogen and oxygen atoms in total. The van der Waals surface area contributed by atoms with Crippen molar-refractivity contribution in [3.63, 3.8) is 0 Å². The van der Waals surface area contributed by atoms with Gasteiger partial charge in [-0.25, -0.2) is 0 Å². The molecule has 1 unspecified atom stereocenters. The third kappa shape index (κ3) is 3.65. The van der Waals surface area contributed by atoms with Crippen LogP contribution in [0.1, 0.15) is 49.0 Å². The number of aliphatic hydroxyl groups excluding tert-OH is 1. The minimum atomic E-state index is -0.135. The third-order valence-electron chi connectivity index (χ3n) is 4.26. The molecule has 0 radical (unpaired) electrons. The molecule has 0 aliphatic heterocycles. The first-order chi connectivity index (χ1) is 11.5. The summed E-state index contributed by atoms with van der Waals surface area (Å²) < 4.78 is 11.5. The Bertz CT molecular complexity index is 729. The molecule has 1 saturated carbocycles. The Morgan fingerprint density at radius 2 is 2.25 bits per heavy atom. The third-order valence-corrected chi connectivity index (χ3v) is 4.58. The summed E-state index contributed by atoms with van der Waals surface area (Å²) >= 11 is 6.40. The Kier molecular flexibility index (Phi) is 4.97. The monoisotopic (exact) mass is 347 g/mol. The van der Waals surface area contributed by atoms with E-state index in [0.29, 0.717) is 24.0 Å². The van der Waals surface area contributed by atoms with Gasteiger partial charge in [-0.15, -0.1) is 0 Å². The van der Waals surface area contributed by atoms with E-state index in [9.17, 15) is 5.11 Å². The second-order valence-corrected chi connectivity index (χ2v) is 6.88. The fourth-order valence-electron chi connectivity index (χ4n) is 2.87. The molecule has 1 aliphatic carbocycles. The van der Waals surface area contributed by atoms with Gasteiger partial charge in [0.1, 0.15) is 11.5 Å². The summed E-state index contributed by atoms with van der Waals surface area (Å²) in [6.45, 7) is 7.81. The van der Waals surface area contributed by atoms with Gasteiger partial charge in [-0.05, 0) is 38.3 Å². The van der Waals surface area contributed by atoms with Crippen molar-refractivity contribution in [1.29, 1.82) is 0 Å². The number of ether oxygens (including phenoxy) is 1. The number of hydrogen-bond donors (Lipinski definition) is 1. The minimum Gasteiger partial charge on any atom is -0.513 e. The number of benzene rings is 1. The van der Waals surface area contributed by atoms with Crippen LogP contribution in [0.15, 0.2) is 35.1 Å². The Morgan fingerprint density at radius 3 is 2.88 bits per heavy atom. The predicted octanol–water partition coefficient (Wildman–Crippen LogP) is 5.55. The van der Waals surface area contributed by atoms with E-state index in [1.54, 1.807) is 0 Å². The number of aromatic nitrogens is 1. The highest BCUT2D eigenvalue weighted by atomic mass is 35.5. The molecule has 5 heteroatoms. The maximum atomic E-state index is 9.32. The number of aryl methyl sites for hydroxylation is 1. The highest BCUT2D eigenvalue weighted by molar-refractivity contribution is 6.33. The molecule has 0 saturated heterocycles. The summed E-state index contributed by atoms with van der Waals surface area (Å²) in [6.07, 6.45) is 2.51. The highest BCUT2D eigenvalue weighted by Gasteiger charge is 2.33. The van der Waals surface area contributed by atoms with Gasteiger partial charge in [-0.1, -0.05) is 35.5 Å². The van der Waals surface area contributed by atoms with Crippen LogP contribution in [-0.2, 0) is 11.3 Å².